The van der Waals surface area contributed by atoms with Crippen molar-refractivity contribution in [3.63, 3.8) is 0 Å². The molecular weight excluding hydrogens is 286 g/mol. The minimum Gasteiger partial charge on any atom is -0.375 e. The molecule has 2 aliphatic heterocycles. The molecule has 120 valence electrons. The zero-order valence-electron chi connectivity index (χ0n) is 13.7. The van der Waals surface area contributed by atoms with Gasteiger partial charge in [-0.3, -0.25) is 4.79 Å². The highest BCUT2D eigenvalue weighted by atomic mass is 16.5. The van der Waals surface area contributed by atoms with Crippen molar-refractivity contribution in [2.45, 2.75) is 38.9 Å². The molecule has 2 aliphatic rings. The number of hydrogen-bond donors (Lipinski definition) is 0. The van der Waals surface area contributed by atoms with E-state index in [-0.39, 0.29) is 17.9 Å². The second-order valence-corrected chi connectivity index (χ2v) is 7.00. The van der Waals surface area contributed by atoms with Gasteiger partial charge in [-0.15, -0.1) is 0 Å². The summed E-state index contributed by atoms with van der Waals surface area (Å²) >= 11 is 0. The van der Waals surface area contributed by atoms with Crippen LogP contribution in [0.1, 0.15) is 26.7 Å². The van der Waals surface area contributed by atoms with Gasteiger partial charge in [0.25, 0.3) is 0 Å². The number of carbonyl (C=O) groups is 1. The summed E-state index contributed by atoms with van der Waals surface area (Å²) in [5.74, 6) is 0.573. The highest BCUT2D eigenvalue weighted by molar-refractivity contribution is 5.99. The second-order valence-electron chi connectivity index (χ2n) is 7.00. The molecule has 3 nitrogen and oxygen atoms in total. The van der Waals surface area contributed by atoms with Crippen LogP contribution in [0.4, 0.5) is 5.69 Å². The quantitative estimate of drug-likeness (QED) is 0.839. The first-order valence-electron chi connectivity index (χ1n) is 8.59. The fourth-order valence-corrected chi connectivity index (χ4v) is 4.05. The van der Waals surface area contributed by atoms with Crippen molar-refractivity contribution in [3.8, 4) is 0 Å². The summed E-state index contributed by atoms with van der Waals surface area (Å²) < 4.78 is 6.04. The highest BCUT2D eigenvalue weighted by Gasteiger charge is 2.44. The lowest BCUT2D eigenvalue weighted by molar-refractivity contribution is -0.121. The first-order chi connectivity index (χ1) is 11.1. The molecular formula is C20H23NO2. The van der Waals surface area contributed by atoms with Gasteiger partial charge >= 0.3 is 0 Å². The smallest absolute Gasteiger partial charge is 0.230 e. The Balaban J connectivity index is 1.62. The van der Waals surface area contributed by atoms with Crippen molar-refractivity contribution in [2.75, 3.05) is 11.4 Å². The van der Waals surface area contributed by atoms with Crippen molar-refractivity contribution in [1.82, 2.24) is 0 Å². The van der Waals surface area contributed by atoms with Crippen LogP contribution in [0.5, 0.6) is 0 Å². The van der Waals surface area contributed by atoms with E-state index in [9.17, 15) is 4.79 Å². The van der Waals surface area contributed by atoms with Gasteiger partial charge in [-0.1, -0.05) is 37.3 Å². The number of fused-ring (bicyclic) bond motifs is 1. The number of anilines is 1. The monoisotopic (exact) mass is 309 g/mol. The molecule has 0 bridgehead atoms. The summed E-state index contributed by atoms with van der Waals surface area (Å²) in [5, 5.41) is 2.39. The molecule has 0 radical (unpaired) electrons. The van der Waals surface area contributed by atoms with Crippen LogP contribution in [-0.4, -0.2) is 24.7 Å². The third-order valence-electron chi connectivity index (χ3n) is 5.48. The number of benzene rings is 2. The van der Waals surface area contributed by atoms with E-state index in [1.165, 1.54) is 10.8 Å². The molecule has 4 rings (SSSR count). The SMILES string of the molecule is CC1CCC(C2CN(c3ccc4ccccc4c3)C(=O)C2C)O1. The Morgan fingerprint density at radius 3 is 2.57 bits per heavy atom. The maximum Gasteiger partial charge on any atom is 0.230 e. The predicted molar refractivity (Wildman–Crippen MR) is 92.5 cm³/mol. The summed E-state index contributed by atoms with van der Waals surface area (Å²) in [6.45, 7) is 4.96. The zero-order valence-corrected chi connectivity index (χ0v) is 13.7. The summed E-state index contributed by atoms with van der Waals surface area (Å²) in [6.07, 6.45) is 2.75. The first kappa shape index (κ1) is 14.7. The van der Waals surface area contributed by atoms with Crippen LogP contribution in [0.3, 0.4) is 0 Å². The molecule has 2 fully saturated rings. The fraction of sp³-hybridized carbons (Fsp3) is 0.450. The number of hydrogen-bond acceptors (Lipinski definition) is 2. The van der Waals surface area contributed by atoms with Crippen molar-refractivity contribution in [1.29, 1.82) is 0 Å². The van der Waals surface area contributed by atoms with Gasteiger partial charge < -0.3 is 9.64 Å². The van der Waals surface area contributed by atoms with Crippen molar-refractivity contribution < 1.29 is 9.53 Å². The molecule has 1 amide bonds. The third-order valence-corrected chi connectivity index (χ3v) is 5.48. The normalized spacial score (nSPS) is 31.2. The van der Waals surface area contributed by atoms with Gasteiger partial charge in [0.05, 0.1) is 12.2 Å². The lowest BCUT2D eigenvalue weighted by atomic mass is 9.90. The number of nitrogens with zero attached hydrogens (tertiary/aromatic N) is 1. The summed E-state index contributed by atoms with van der Waals surface area (Å²) in [5.41, 5.74) is 1.01. The average Bonchev–Trinajstić information content (AvgIpc) is 3.12. The van der Waals surface area contributed by atoms with Gasteiger partial charge in [-0.25, -0.2) is 0 Å². The van der Waals surface area contributed by atoms with Crippen LogP contribution in [-0.2, 0) is 9.53 Å². The molecule has 2 aromatic carbocycles. The Bertz CT molecular complexity index is 741. The minimum atomic E-state index is 0.0387. The van der Waals surface area contributed by atoms with Gasteiger partial charge in [0.2, 0.25) is 5.91 Å². The largest absolute Gasteiger partial charge is 0.375 e. The predicted octanol–water partition coefficient (Wildman–Crippen LogP) is 4.01. The van der Waals surface area contributed by atoms with E-state index >= 15 is 0 Å². The Morgan fingerprint density at radius 2 is 1.83 bits per heavy atom. The van der Waals surface area contributed by atoms with Crippen LogP contribution < -0.4 is 4.90 Å². The zero-order chi connectivity index (χ0) is 16.0. The number of amides is 1. The van der Waals surface area contributed by atoms with E-state index in [0.29, 0.717) is 12.0 Å². The van der Waals surface area contributed by atoms with Crippen molar-refractivity contribution in [3.05, 3.63) is 42.5 Å². The standard InChI is InChI=1S/C20H23NO2/c1-13-7-10-19(23-13)18-12-21(20(22)14(18)2)17-9-8-15-5-3-4-6-16(15)11-17/h3-6,8-9,11,13-14,18-19H,7,10,12H2,1-2H3. The van der Waals surface area contributed by atoms with Gasteiger partial charge in [0, 0.05) is 24.1 Å². The molecule has 0 saturated carbocycles. The van der Waals surface area contributed by atoms with Crippen molar-refractivity contribution in [2.24, 2.45) is 11.8 Å². The number of carbonyl (C=O) groups excluding carboxylic acids is 1. The van der Waals surface area contributed by atoms with Crippen LogP contribution >= 0.6 is 0 Å². The molecule has 23 heavy (non-hydrogen) atoms. The van der Waals surface area contributed by atoms with Crippen LogP contribution in [0.25, 0.3) is 10.8 Å². The van der Waals surface area contributed by atoms with Crippen LogP contribution in [0.15, 0.2) is 42.5 Å². The molecule has 2 heterocycles. The average molecular weight is 309 g/mol. The molecule has 2 aromatic rings. The Hall–Kier alpha value is -1.87. The Kier molecular flexibility index (Phi) is 3.61. The maximum atomic E-state index is 12.8. The van der Waals surface area contributed by atoms with E-state index in [4.69, 9.17) is 4.74 Å². The Morgan fingerprint density at radius 1 is 1.04 bits per heavy atom. The number of ether oxygens (including phenoxy) is 1. The molecule has 4 atom stereocenters. The summed E-state index contributed by atoms with van der Waals surface area (Å²) in [7, 11) is 0. The number of rotatable bonds is 2. The van der Waals surface area contributed by atoms with Crippen LogP contribution in [0, 0.1) is 11.8 Å². The lowest BCUT2D eigenvalue weighted by Crippen LogP contribution is -2.27. The molecule has 0 aliphatic carbocycles. The second kappa shape index (κ2) is 5.64. The van der Waals surface area contributed by atoms with Gasteiger partial charge in [0.15, 0.2) is 0 Å². The van der Waals surface area contributed by atoms with E-state index in [1.54, 1.807) is 0 Å². The molecule has 0 N–H and O–H groups in total. The van der Waals surface area contributed by atoms with Gasteiger partial charge in [-0.05, 0) is 42.7 Å². The highest BCUT2D eigenvalue weighted by Crippen LogP contribution is 2.37. The van der Waals surface area contributed by atoms with E-state index in [0.717, 1.165) is 25.1 Å². The molecule has 0 spiro atoms. The molecule has 3 heteroatoms. The maximum absolute atomic E-state index is 12.8. The van der Waals surface area contributed by atoms with Crippen molar-refractivity contribution >= 4 is 22.4 Å². The topological polar surface area (TPSA) is 29.5 Å². The van der Waals surface area contributed by atoms with Gasteiger partial charge in [-0.2, -0.15) is 0 Å². The van der Waals surface area contributed by atoms with Crippen LogP contribution in [0.2, 0.25) is 0 Å². The van der Waals surface area contributed by atoms with E-state index in [1.807, 2.05) is 17.0 Å². The summed E-state index contributed by atoms with van der Waals surface area (Å²) in [4.78, 5) is 14.7. The lowest BCUT2D eigenvalue weighted by Gasteiger charge is -2.21. The first-order valence-corrected chi connectivity index (χ1v) is 8.59. The Labute approximate surface area is 137 Å². The summed E-state index contributed by atoms with van der Waals surface area (Å²) in [6, 6.07) is 14.6. The molecule has 4 unspecified atom stereocenters. The van der Waals surface area contributed by atoms with E-state index < -0.39 is 0 Å². The molecule has 2 saturated heterocycles. The molecule has 0 aromatic heterocycles. The fourth-order valence-electron chi connectivity index (χ4n) is 4.05. The van der Waals surface area contributed by atoms with E-state index in [2.05, 4.69) is 44.2 Å². The third kappa shape index (κ3) is 2.53. The minimum absolute atomic E-state index is 0.0387. The van der Waals surface area contributed by atoms with Gasteiger partial charge in [0.1, 0.15) is 0 Å².